The summed E-state index contributed by atoms with van der Waals surface area (Å²) < 4.78 is 16.8. The van der Waals surface area contributed by atoms with E-state index >= 15 is 0 Å². The molecule has 6 heteroatoms. The zero-order chi connectivity index (χ0) is 20.7. The summed E-state index contributed by atoms with van der Waals surface area (Å²) in [5, 5.41) is 0.814. The second-order valence-electron chi connectivity index (χ2n) is 6.88. The third kappa shape index (κ3) is 3.14. The highest BCUT2D eigenvalue weighted by Crippen LogP contribution is 2.37. The Morgan fingerprint density at radius 1 is 1.10 bits per heavy atom. The van der Waals surface area contributed by atoms with Gasteiger partial charge in [-0.05, 0) is 48.4 Å². The fraction of sp³-hybridized carbons (Fsp3) is 0.0417. The molecule has 0 amide bonds. The lowest BCUT2D eigenvalue weighted by Crippen LogP contribution is -2.07. The van der Waals surface area contributed by atoms with Crippen molar-refractivity contribution < 1.29 is 23.5 Å². The number of carbonyl (C=O) groups excluding carboxylic acids is 2. The molecule has 4 aromatic rings. The standard InChI is InChI=1S/C24H15NO5/c1-14-9-17(28-24(27)21-11-16-6-2-3-7-18(16)29-21)12-19-22(14)23(26)20(30-19)10-15-5-4-8-25-13-15/h2-13H,1H3/b20-10-. The number of para-hydroxylation sites is 1. The summed E-state index contributed by atoms with van der Waals surface area (Å²) in [7, 11) is 0. The van der Waals surface area contributed by atoms with Gasteiger partial charge in [-0.15, -0.1) is 0 Å². The van der Waals surface area contributed by atoms with E-state index < -0.39 is 5.97 Å². The number of benzene rings is 2. The molecule has 2 aromatic heterocycles. The average molecular weight is 397 g/mol. The second kappa shape index (κ2) is 7.00. The number of hydrogen-bond acceptors (Lipinski definition) is 6. The van der Waals surface area contributed by atoms with Gasteiger partial charge >= 0.3 is 5.97 Å². The topological polar surface area (TPSA) is 78.6 Å². The van der Waals surface area contributed by atoms with Crippen molar-refractivity contribution in [2.24, 2.45) is 0 Å². The molecule has 0 spiro atoms. The van der Waals surface area contributed by atoms with E-state index in [0.717, 1.165) is 10.9 Å². The van der Waals surface area contributed by atoms with E-state index in [2.05, 4.69) is 4.98 Å². The molecule has 146 valence electrons. The van der Waals surface area contributed by atoms with Gasteiger partial charge in [0.25, 0.3) is 0 Å². The molecule has 0 N–H and O–H groups in total. The minimum absolute atomic E-state index is 0.100. The van der Waals surface area contributed by atoms with Gasteiger partial charge in [0.05, 0.1) is 5.56 Å². The Labute approximate surface area is 171 Å². The number of ketones is 1. The van der Waals surface area contributed by atoms with Gasteiger partial charge in [0.1, 0.15) is 17.1 Å². The van der Waals surface area contributed by atoms with Crippen molar-refractivity contribution in [3.05, 3.63) is 95.2 Å². The molecule has 0 saturated carbocycles. The van der Waals surface area contributed by atoms with Crippen molar-refractivity contribution in [3.63, 3.8) is 0 Å². The Kier molecular flexibility index (Phi) is 4.17. The van der Waals surface area contributed by atoms with E-state index in [0.29, 0.717) is 22.5 Å². The van der Waals surface area contributed by atoms with Gasteiger partial charge < -0.3 is 13.9 Å². The quantitative estimate of drug-likeness (QED) is 0.276. The number of carbonyl (C=O) groups is 2. The van der Waals surface area contributed by atoms with Crippen LogP contribution in [0.15, 0.2) is 77.2 Å². The maximum Gasteiger partial charge on any atom is 0.379 e. The Morgan fingerprint density at radius 2 is 1.97 bits per heavy atom. The lowest BCUT2D eigenvalue weighted by Gasteiger charge is -2.06. The Bertz CT molecular complexity index is 1300. The van der Waals surface area contributed by atoms with Crippen LogP contribution in [0.3, 0.4) is 0 Å². The number of nitrogens with zero attached hydrogens (tertiary/aromatic N) is 1. The molecule has 0 bridgehead atoms. The van der Waals surface area contributed by atoms with Crippen LogP contribution in [0.5, 0.6) is 11.5 Å². The molecule has 2 aromatic carbocycles. The largest absolute Gasteiger partial charge is 0.452 e. The van der Waals surface area contributed by atoms with E-state index in [9.17, 15) is 9.59 Å². The third-order valence-corrected chi connectivity index (χ3v) is 4.76. The summed E-state index contributed by atoms with van der Waals surface area (Å²) in [5.74, 6) is 0.0718. The van der Waals surface area contributed by atoms with Crippen LogP contribution in [-0.2, 0) is 0 Å². The normalized spacial score (nSPS) is 14.0. The molecule has 30 heavy (non-hydrogen) atoms. The number of aromatic nitrogens is 1. The lowest BCUT2D eigenvalue weighted by atomic mass is 10.0. The summed E-state index contributed by atoms with van der Waals surface area (Å²) in [5.41, 5.74) is 2.46. The molecule has 5 rings (SSSR count). The van der Waals surface area contributed by atoms with Crippen LogP contribution in [0.25, 0.3) is 17.0 Å². The Morgan fingerprint density at radius 3 is 2.77 bits per heavy atom. The van der Waals surface area contributed by atoms with Gasteiger partial charge in [0.15, 0.2) is 5.76 Å². The SMILES string of the molecule is Cc1cc(OC(=O)c2cc3ccccc3o2)cc2c1C(=O)/C(=C/c1cccnc1)O2. The monoisotopic (exact) mass is 397 g/mol. The van der Waals surface area contributed by atoms with Gasteiger partial charge in [0.2, 0.25) is 11.5 Å². The first-order chi connectivity index (χ1) is 14.6. The number of rotatable bonds is 3. The van der Waals surface area contributed by atoms with Crippen LogP contribution in [-0.4, -0.2) is 16.7 Å². The molecule has 1 aliphatic heterocycles. The minimum atomic E-state index is -0.624. The smallest absolute Gasteiger partial charge is 0.379 e. The summed E-state index contributed by atoms with van der Waals surface area (Å²) in [4.78, 5) is 29.3. The highest BCUT2D eigenvalue weighted by atomic mass is 16.5. The van der Waals surface area contributed by atoms with E-state index in [-0.39, 0.29) is 23.1 Å². The zero-order valence-electron chi connectivity index (χ0n) is 15.9. The molecule has 0 saturated heterocycles. The van der Waals surface area contributed by atoms with E-state index in [1.54, 1.807) is 49.7 Å². The second-order valence-corrected chi connectivity index (χ2v) is 6.88. The molecule has 1 aliphatic rings. The highest BCUT2D eigenvalue weighted by Gasteiger charge is 2.30. The first-order valence-electron chi connectivity index (χ1n) is 9.28. The predicted octanol–water partition coefficient (Wildman–Crippen LogP) is 4.97. The van der Waals surface area contributed by atoms with Crippen LogP contribution >= 0.6 is 0 Å². The maximum absolute atomic E-state index is 12.7. The van der Waals surface area contributed by atoms with Crippen LogP contribution in [0.2, 0.25) is 0 Å². The van der Waals surface area contributed by atoms with Crippen molar-refractivity contribution in [2.75, 3.05) is 0 Å². The minimum Gasteiger partial charge on any atom is -0.452 e. The number of esters is 1. The molecular weight excluding hydrogens is 382 g/mol. The van der Waals surface area contributed by atoms with Gasteiger partial charge in [-0.2, -0.15) is 0 Å². The first kappa shape index (κ1) is 17.9. The van der Waals surface area contributed by atoms with Gasteiger partial charge in [-0.3, -0.25) is 9.78 Å². The molecule has 0 atom stereocenters. The van der Waals surface area contributed by atoms with E-state index in [4.69, 9.17) is 13.9 Å². The van der Waals surface area contributed by atoms with Crippen LogP contribution in [0.1, 0.15) is 32.0 Å². The van der Waals surface area contributed by atoms with Crippen LogP contribution in [0.4, 0.5) is 0 Å². The van der Waals surface area contributed by atoms with Crippen molar-refractivity contribution in [2.45, 2.75) is 6.92 Å². The fourth-order valence-electron chi connectivity index (χ4n) is 3.39. The van der Waals surface area contributed by atoms with Crippen molar-refractivity contribution in [3.8, 4) is 11.5 Å². The number of pyridine rings is 1. The number of Topliss-reactive ketones (excluding diaryl/α,β-unsaturated/α-hetero) is 1. The number of fused-ring (bicyclic) bond motifs is 2. The number of ether oxygens (including phenoxy) is 2. The zero-order valence-corrected chi connectivity index (χ0v) is 15.9. The van der Waals surface area contributed by atoms with Crippen molar-refractivity contribution in [1.29, 1.82) is 0 Å². The summed E-state index contributed by atoms with van der Waals surface area (Å²) >= 11 is 0. The molecule has 0 aliphatic carbocycles. The lowest BCUT2D eigenvalue weighted by molar-refractivity contribution is 0.0703. The molecule has 3 heterocycles. The van der Waals surface area contributed by atoms with Crippen LogP contribution in [0, 0.1) is 6.92 Å². The van der Waals surface area contributed by atoms with E-state index in [1.807, 2.05) is 24.3 Å². The number of allylic oxidation sites excluding steroid dienone is 1. The molecule has 6 nitrogen and oxygen atoms in total. The first-order valence-corrected chi connectivity index (χ1v) is 9.28. The number of hydrogen-bond donors (Lipinski definition) is 0. The molecular formula is C24H15NO5. The Hall–Kier alpha value is -4.19. The molecule has 0 fully saturated rings. The summed E-state index contributed by atoms with van der Waals surface area (Å²) in [6.45, 7) is 1.77. The number of aryl methyl sites for hydroxylation is 1. The third-order valence-electron chi connectivity index (χ3n) is 4.76. The summed E-state index contributed by atoms with van der Waals surface area (Å²) in [6, 6.07) is 15.7. The van der Waals surface area contributed by atoms with E-state index in [1.165, 1.54) is 6.07 Å². The maximum atomic E-state index is 12.7. The van der Waals surface area contributed by atoms with Crippen molar-refractivity contribution >= 4 is 28.8 Å². The molecule has 0 unspecified atom stereocenters. The van der Waals surface area contributed by atoms with Gasteiger partial charge in [-0.1, -0.05) is 24.3 Å². The number of furan rings is 1. The molecule has 0 radical (unpaired) electrons. The fourth-order valence-corrected chi connectivity index (χ4v) is 3.39. The van der Waals surface area contributed by atoms with Crippen LogP contribution < -0.4 is 9.47 Å². The average Bonchev–Trinajstić information content (AvgIpc) is 3.30. The predicted molar refractivity (Wildman–Crippen MR) is 110 cm³/mol. The van der Waals surface area contributed by atoms with Gasteiger partial charge in [-0.25, -0.2) is 4.79 Å². The van der Waals surface area contributed by atoms with Gasteiger partial charge in [0, 0.05) is 23.8 Å². The Balaban J connectivity index is 1.42. The highest BCUT2D eigenvalue weighted by molar-refractivity contribution is 6.15. The van der Waals surface area contributed by atoms with Crippen molar-refractivity contribution in [1.82, 2.24) is 4.98 Å². The summed E-state index contributed by atoms with van der Waals surface area (Å²) in [6.07, 6.45) is 4.93.